The number of ether oxygens (including phenoxy) is 1. The molecule has 116 valence electrons. The summed E-state index contributed by atoms with van der Waals surface area (Å²) in [6.07, 6.45) is 2.33. The van der Waals surface area contributed by atoms with Crippen LogP contribution in [0.5, 0.6) is 0 Å². The number of nitro benzene ring substituents is 1. The number of nitro groups is 1. The van der Waals surface area contributed by atoms with Gasteiger partial charge in [0.25, 0.3) is 11.6 Å². The van der Waals surface area contributed by atoms with Crippen molar-refractivity contribution in [1.29, 1.82) is 0 Å². The Balaban J connectivity index is 2.15. The van der Waals surface area contributed by atoms with Crippen molar-refractivity contribution < 1.29 is 14.5 Å². The lowest BCUT2D eigenvalue weighted by molar-refractivity contribution is -0.384. The van der Waals surface area contributed by atoms with Gasteiger partial charge in [-0.3, -0.25) is 19.8 Å². The van der Waals surface area contributed by atoms with Crippen LogP contribution in [0.4, 0.5) is 5.69 Å². The molecule has 0 N–H and O–H groups in total. The number of carbonyl (C=O) groups is 1. The first-order valence-electron chi connectivity index (χ1n) is 6.51. The van der Waals surface area contributed by atoms with Crippen LogP contribution in [0.25, 0.3) is 6.08 Å². The van der Waals surface area contributed by atoms with E-state index in [0.717, 1.165) is 0 Å². The second-order valence-corrected chi connectivity index (χ2v) is 6.21. The van der Waals surface area contributed by atoms with E-state index in [2.05, 4.69) is 0 Å². The van der Waals surface area contributed by atoms with Crippen LogP contribution < -0.4 is 0 Å². The number of hydrogen-bond acceptors (Lipinski definition) is 6. The van der Waals surface area contributed by atoms with Crippen molar-refractivity contribution in [3.8, 4) is 0 Å². The van der Waals surface area contributed by atoms with Crippen LogP contribution in [0.1, 0.15) is 12.0 Å². The zero-order valence-electron chi connectivity index (χ0n) is 11.9. The lowest BCUT2D eigenvalue weighted by atomic mass is 10.2. The van der Waals surface area contributed by atoms with E-state index in [1.807, 2.05) is 0 Å². The maximum Gasteiger partial charge on any atom is 0.270 e. The fraction of sp³-hybridized carbons (Fsp3) is 0.286. The summed E-state index contributed by atoms with van der Waals surface area (Å²) in [7, 11) is 1.60. The molecule has 22 heavy (non-hydrogen) atoms. The summed E-state index contributed by atoms with van der Waals surface area (Å²) >= 11 is 6.41. The summed E-state index contributed by atoms with van der Waals surface area (Å²) < 4.78 is 5.46. The molecule has 1 aromatic rings. The zero-order valence-corrected chi connectivity index (χ0v) is 13.5. The Hall–Kier alpha value is -1.77. The molecule has 0 aromatic heterocycles. The van der Waals surface area contributed by atoms with Crippen molar-refractivity contribution in [3.63, 3.8) is 0 Å². The normalized spacial score (nSPS) is 16.6. The molecule has 1 saturated heterocycles. The van der Waals surface area contributed by atoms with Gasteiger partial charge in [-0.1, -0.05) is 36.1 Å². The monoisotopic (exact) mass is 338 g/mol. The van der Waals surface area contributed by atoms with E-state index in [1.165, 1.54) is 28.8 Å². The summed E-state index contributed by atoms with van der Waals surface area (Å²) in [6, 6.07) is 6.14. The molecule has 1 aliphatic heterocycles. The molecule has 0 bridgehead atoms. The summed E-state index contributed by atoms with van der Waals surface area (Å²) in [5, 5.41) is 10.8. The van der Waals surface area contributed by atoms with Crippen molar-refractivity contribution in [3.05, 3.63) is 44.8 Å². The molecular weight excluding hydrogens is 324 g/mol. The molecule has 2 rings (SSSR count). The SMILES string of the molecule is COCCCN1C(=O)/C(=C/c2cccc([N+](=O)[O-])c2)SC1=S. The minimum absolute atomic E-state index is 0.00989. The number of methoxy groups -OCH3 is 1. The van der Waals surface area contributed by atoms with Gasteiger partial charge in [0.1, 0.15) is 4.32 Å². The van der Waals surface area contributed by atoms with Crippen LogP contribution in [0.15, 0.2) is 29.2 Å². The van der Waals surface area contributed by atoms with Crippen molar-refractivity contribution in [1.82, 2.24) is 4.90 Å². The number of hydrogen-bond donors (Lipinski definition) is 0. The van der Waals surface area contributed by atoms with Gasteiger partial charge in [-0.25, -0.2) is 0 Å². The maximum atomic E-state index is 12.3. The summed E-state index contributed by atoms with van der Waals surface area (Å²) in [6.45, 7) is 1.06. The minimum atomic E-state index is -0.465. The van der Waals surface area contributed by atoms with E-state index < -0.39 is 4.92 Å². The van der Waals surface area contributed by atoms with E-state index in [1.54, 1.807) is 25.3 Å². The van der Waals surface area contributed by atoms with E-state index >= 15 is 0 Å². The average molecular weight is 338 g/mol. The van der Waals surface area contributed by atoms with E-state index in [0.29, 0.717) is 34.4 Å². The van der Waals surface area contributed by atoms with E-state index in [4.69, 9.17) is 17.0 Å². The van der Waals surface area contributed by atoms with Gasteiger partial charge in [0.05, 0.1) is 9.83 Å². The Labute approximate surface area is 137 Å². The summed E-state index contributed by atoms with van der Waals surface area (Å²) in [4.78, 5) is 24.6. The molecular formula is C14H14N2O4S2. The van der Waals surface area contributed by atoms with Crippen LogP contribution in [-0.2, 0) is 9.53 Å². The zero-order chi connectivity index (χ0) is 16.1. The molecule has 0 spiro atoms. The molecule has 0 unspecified atom stereocenters. The number of amides is 1. The Morgan fingerprint density at radius 3 is 2.95 bits per heavy atom. The highest BCUT2D eigenvalue weighted by molar-refractivity contribution is 8.26. The minimum Gasteiger partial charge on any atom is -0.385 e. The van der Waals surface area contributed by atoms with Crippen molar-refractivity contribution in [2.75, 3.05) is 20.3 Å². The van der Waals surface area contributed by atoms with Crippen molar-refractivity contribution in [2.24, 2.45) is 0 Å². The highest BCUT2D eigenvalue weighted by Gasteiger charge is 2.31. The first-order chi connectivity index (χ1) is 10.5. The van der Waals surface area contributed by atoms with Gasteiger partial charge in [-0.15, -0.1) is 0 Å². The number of carbonyl (C=O) groups excluding carboxylic acids is 1. The third-order valence-corrected chi connectivity index (χ3v) is 4.36. The van der Waals surface area contributed by atoms with Crippen LogP contribution in [0.3, 0.4) is 0 Å². The molecule has 0 atom stereocenters. The second kappa shape index (κ2) is 7.48. The Bertz CT molecular complexity index is 645. The smallest absolute Gasteiger partial charge is 0.270 e. The molecule has 0 aliphatic carbocycles. The molecule has 1 fully saturated rings. The Kier molecular flexibility index (Phi) is 5.64. The largest absolute Gasteiger partial charge is 0.385 e. The van der Waals surface area contributed by atoms with Gasteiger partial charge in [0.15, 0.2) is 0 Å². The average Bonchev–Trinajstić information content (AvgIpc) is 2.75. The number of thiocarbonyl (C=S) groups is 1. The molecule has 8 heteroatoms. The molecule has 1 amide bonds. The van der Waals surface area contributed by atoms with Gasteiger partial charge >= 0.3 is 0 Å². The van der Waals surface area contributed by atoms with Gasteiger partial charge in [-0.2, -0.15) is 0 Å². The number of benzene rings is 1. The van der Waals surface area contributed by atoms with E-state index in [-0.39, 0.29) is 11.6 Å². The fourth-order valence-corrected chi connectivity index (χ4v) is 3.25. The topological polar surface area (TPSA) is 72.7 Å². The molecule has 0 saturated carbocycles. The van der Waals surface area contributed by atoms with Crippen LogP contribution in [-0.4, -0.2) is 40.3 Å². The van der Waals surface area contributed by atoms with Crippen molar-refractivity contribution in [2.45, 2.75) is 6.42 Å². The highest BCUT2D eigenvalue weighted by Crippen LogP contribution is 2.32. The number of nitrogens with zero attached hydrogens (tertiary/aromatic N) is 2. The molecule has 1 aliphatic rings. The number of non-ortho nitro benzene ring substituents is 1. The van der Waals surface area contributed by atoms with Crippen LogP contribution in [0, 0.1) is 10.1 Å². The fourth-order valence-electron chi connectivity index (χ4n) is 1.94. The third-order valence-electron chi connectivity index (χ3n) is 2.98. The number of rotatable bonds is 6. The lowest BCUT2D eigenvalue weighted by Gasteiger charge is -2.13. The Morgan fingerprint density at radius 2 is 2.27 bits per heavy atom. The predicted molar refractivity (Wildman–Crippen MR) is 89.5 cm³/mol. The lowest BCUT2D eigenvalue weighted by Crippen LogP contribution is -2.29. The predicted octanol–water partition coefficient (Wildman–Crippen LogP) is 2.83. The van der Waals surface area contributed by atoms with Crippen LogP contribution in [0.2, 0.25) is 0 Å². The molecule has 0 radical (unpaired) electrons. The first-order valence-corrected chi connectivity index (χ1v) is 7.74. The van der Waals surface area contributed by atoms with Gasteiger partial charge in [0, 0.05) is 32.4 Å². The molecule has 6 nitrogen and oxygen atoms in total. The number of thioether (sulfide) groups is 1. The van der Waals surface area contributed by atoms with Crippen LogP contribution >= 0.6 is 24.0 Å². The first kappa shape index (κ1) is 16.6. The third kappa shape index (κ3) is 3.90. The standard InChI is InChI=1S/C14H14N2O4S2/c1-20-7-3-6-15-13(17)12(22-14(15)21)9-10-4-2-5-11(8-10)16(18)19/h2,4-5,8-9H,3,6-7H2,1H3/b12-9-. The highest BCUT2D eigenvalue weighted by atomic mass is 32.2. The van der Waals surface area contributed by atoms with Gasteiger partial charge in [0.2, 0.25) is 0 Å². The van der Waals surface area contributed by atoms with E-state index in [9.17, 15) is 14.9 Å². The second-order valence-electron chi connectivity index (χ2n) is 4.53. The van der Waals surface area contributed by atoms with Crippen molar-refractivity contribution >= 4 is 46.0 Å². The molecule has 1 heterocycles. The summed E-state index contributed by atoms with van der Waals surface area (Å²) in [5.41, 5.74) is 0.593. The summed E-state index contributed by atoms with van der Waals surface area (Å²) in [5.74, 6) is -0.169. The quantitative estimate of drug-likeness (QED) is 0.261. The van der Waals surface area contributed by atoms with Gasteiger partial charge in [-0.05, 0) is 18.1 Å². The van der Waals surface area contributed by atoms with Gasteiger partial charge < -0.3 is 4.74 Å². The maximum absolute atomic E-state index is 12.3. The molecule has 1 aromatic carbocycles. The Morgan fingerprint density at radius 1 is 1.50 bits per heavy atom.